The highest BCUT2D eigenvalue weighted by Crippen LogP contribution is 2.28. The van der Waals surface area contributed by atoms with E-state index in [-0.39, 0.29) is 0 Å². The second-order valence-corrected chi connectivity index (χ2v) is 5.94. The van der Waals surface area contributed by atoms with E-state index in [4.69, 9.17) is 16.3 Å². The van der Waals surface area contributed by atoms with Crippen LogP contribution in [0.3, 0.4) is 0 Å². The van der Waals surface area contributed by atoms with E-state index in [2.05, 4.69) is 35.2 Å². The summed E-state index contributed by atoms with van der Waals surface area (Å²) in [4.78, 5) is 2.45. The number of likely N-dealkylation sites (tertiary alicyclic amines) is 1. The Bertz CT molecular complexity index is 640. The molecule has 0 spiro atoms. The minimum absolute atomic E-state index is 0.768. The molecule has 114 valence electrons. The van der Waals surface area contributed by atoms with Gasteiger partial charge >= 0.3 is 0 Å². The second-order valence-electron chi connectivity index (χ2n) is 5.50. The first-order valence-corrected chi connectivity index (χ1v) is 8.01. The number of ether oxygens (including phenoxy) is 1. The van der Waals surface area contributed by atoms with E-state index in [1.807, 2.05) is 24.3 Å². The summed E-state index contributed by atoms with van der Waals surface area (Å²) in [5.74, 6) is 0.885. The van der Waals surface area contributed by atoms with Crippen LogP contribution < -0.4 is 4.74 Å². The lowest BCUT2D eigenvalue weighted by atomic mass is 10.1. The molecule has 1 aliphatic rings. The summed E-state index contributed by atoms with van der Waals surface area (Å²) in [6.07, 6.45) is 4.76. The molecule has 3 heteroatoms. The summed E-state index contributed by atoms with van der Waals surface area (Å²) < 4.78 is 5.26. The van der Waals surface area contributed by atoms with Gasteiger partial charge in [-0.15, -0.1) is 0 Å². The predicted octanol–water partition coefficient (Wildman–Crippen LogP) is 4.94. The van der Waals surface area contributed by atoms with Crippen molar-refractivity contribution >= 4 is 23.4 Å². The van der Waals surface area contributed by atoms with E-state index >= 15 is 0 Å². The van der Waals surface area contributed by atoms with E-state index in [0.717, 1.165) is 23.9 Å². The van der Waals surface area contributed by atoms with E-state index < -0.39 is 0 Å². The molecule has 3 rings (SSSR count). The standard InChI is InChI=1S/C19H20ClNO/c1-22-18-10-6-16(7-11-18)19(21-12-2-3-13-21)14-15-4-8-17(20)9-5-15/h4-11,14H,2-3,12-13H2,1H3. The number of methoxy groups -OCH3 is 1. The average molecular weight is 314 g/mol. The number of nitrogens with zero attached hydrogens (tertiary/aromatic N) is 1. The number of hydrogen-bond acceptors (Lipinski definition) is 2. The average Bonchev–Trinajstić information content (AvgIpc) is 3.09. The van der Waals surface area contributed by atoms with Crippen molar-refractivity contribution in [1.82, 2.24) is 4.90 Å². The van der Waals surface area contributed by atoms with Gasteiger partial charge in [-0.2, -0.15) is 0 Å². The zero-order chi connectivity index (χ0) is 15.4. The van der Waals surface area contributed by atoms with Crippen molar-refractivity contribution in [2.24, 2.45) is 0 Å². The summed E-state index contributed by atoms with van der Waals surface area (Å²) >= 11 is 5.98. The molecule has 0 bridgehead atoms. The molecule has 0 aliphatic carbocycles. The van der Waals surface area contributed by atoms with Crippen LogP contribution in [-0.2, 0) is 0 Å². The first-order valence-electron chi connectivity index (χ1n) is 7.63. The monoisotopic (exact) mass is 313 g/mol. The molecule has 0 atom stereocenters. The normalized spacial score (nSPS) is 15.2. The minimum Gasteiger partial charge on any atom is -0.497 e. The second kappa shape index (κ2) is 6.89. The molecule has 0 amide bonds. The smallest absolute Gasteiger partial charge is 0.118 e. The molecular weight excluding hydrogens is 294 g/mol. The summed E-state index contributed by atoms with van der Waals surface area (Å²) in [6, 6.07) is 16.3. The Morgan fingerprint density at radius 3 is 2.23 bits per heavy atom. The zero-order valence-electron chi connectivity index (χ0n) is 12.8. The first-order chi connectivity index (χ1) is 10.8. The quantitative estimate of drug-likeness (QED) is 0.741. The van der Waals surface area contributed by atoms with Crippen LogP contribution in [0.1, 0.15) is 24.0 Å². The van der Waals surface area contributed by atoms with Crippen LogP contribution >= 0.6 is 11.6 Å². The lowest BCUT2D eigenvalue weighted by Crippen LogP contribution is -2.17. The Morgan fingerprint density at radius 2 is 1.64 bits per heavy atom. The van der Waals surface area contributed by atoms with Gasteiger partial charge in [-0.3, -0.25) is 0 Å². The Morgan fingerprint density at radius 1 is 1.00 bits per heavy atom. The summed E-state index contributed by atoms with van der Waals surface area (Å²) in [5.41, 5.74) is 3.65. The van der Waals surface area contributed by atoms with Crippen LogP contribution in [0.15, 0.2) is 48.5 Å². The minimum atomic E-state index is 0.768. The van der Waals surface area contributed by atoms with Gasteiger partial charge in [0, 0.05) is 23.8 Å². The Labute approximate surface area is 137 Å². The molecule has 0 radical (unpaired) electrons. The molecule has 2 aromatic rings. The topological polar surface area (TPSA) is 12.5 Å². The molecule has 0 aromatic heterocycles. The Kier molecular flexibility index (Phi) is 4.69. The molecule has 0 saturated carbocycles. The summed E-state index contributed by atoms with van der Waals surface area (Å²) in [6.45, 7) is 2.23. The number of halogens is 1. The summed E-state index contributed by atoms with van der Waals surface area (Å²) in [7, 11) is 1.69. The number of rotatable bonds is 4. The van der Waals surface area contributed by atoms with Gasteiger partial charge in [0.15, 0.2) is 0 Å². The van der Waals surface area contributed by atoms with E-state index in [9.17, 15) is 0 Å². The fourth-order valence-corrected chi connectivity index (χ4v) is 2.92. The predicted molar refractivity (Wildman–Crippen MR) is 93.1 cm³/mol. The van der Waals surface area contributed by atoms with Gasteiger partial charge in [0.05, 0.1) is 7.11 Å². The highest BCUT2D eigenvalue weighted by atomic mass is 35.5. The van der Waals surface area contributed by atoms with Crippen LogP contribution in [0, 0.1) is 0 Å². The van der Waals surface area contributed by atoms with E-state index in [0.29, 0.717) is 0 Å². The third-order valence-electron chi connectivity index (χ3n) is 4.01. The molecule has 1 aliphatic heterocycles. The van der Waals surface area contributed by atoms with Gasteiger partial charge in [0.25, 0.3) is 0 Å². The van der Waals surface area contributed by atoms with Gasteiger partial charge in [-0.1, -0.05) is 23.7 Å². The highest BCUT2D eigenvalue weighted by molar-refractivity contribution is 6.30. The fourth-order valence-electron chi connectivity index (χ4n) is 2.79. The van der Waals surface area contributed by atoms with Gasteiger partial charge in [-0.05, 0) is 66.4 Å². The van der Waals surface area contributed by atoms with Crippen LogP contribution in [0.25, 0.3) is 11.8 Å². The maximum absolute atomic E-state index is 5.98. The van der Waals surface area contributed by atoms with Crippen molar-refractivity contribution in [1.29, 1.82) is 0 Å². The van der Waals surface area contributed by atoms with E-state index in [1.165, 1.54) is 29.7 Å². The van der Waals surface area contributed by atoms with Crippen molar-refractivity contribution in [3.8, 4) is 5.75 Å². The molecule has 0 unspecified atom stereocenters. The zero-order valence-corrected chi connectivity index (χ0v) is 13.5. The van der Waals surface area contributed by atoms with E-state index in [1.54, 1.807) is 7.11 Å². The Balaban J connectivity index is 1.96. The third-order valence-corrected chi connectivity index (χ3v) is 4.26. The molecule has 1 saturated heterocycles. The SMILES string of the molecule is COc1ccc(C(=Cc2ccc(Cl)cc2)N2CCCC2)cc1. The van der Waals surface area contributed by atoms with Gasteiger partial charge in [0.1, 0.15) is 5.75 Å². The molecule has 1 heterocycles. The number of benzene rings is 2. The molecular formula is C19H20ClNO. The van der Waals surface area contributed by atoms with Crippen molar-refractivity contribution in [3.63, 3.8) is 0 Å². The van der Waals surface area contributed by atoms with Gasteiger partial charge in [0.2, 0.25) is 0 Å². The van der Waals surface area contributed by atoms with Crippen molar-refractivity contribution in [2.75, 3.05) is 20.2 Å². The summed E-state index contributed by atoms with van der Waals surface area (Å²) in [5, 5.41) is 0.768. The van der Waals surface area contributed by atoms with Gasteiger partial charge < -0.3 is 9.64 Å². The lowest BCUT2D eigenvalue weighted by molar-refractivity contribution is 0.414. The molecule has 1 fully saturated rings. The molecule has 0 N–H and O–H groups in total. The number of hydrogen-bond donors (Lipinski definition) is 0. The lowest BCUT2D eigenvalue weighted by Gasteiger charge is -2.22. The Hall–Kier alpha value is -1.93. The first kappa shape index (κ1) is 15.0. The largest absolute Gasteiger partial charge is 0.497 e. The molecule has 2 nitrogen and oxygen atoms in total. The molecule has 22 heavy (non-hydrogen) atoms. The van der Waals surface area contributed by atoms with Crippen molar-refractivity contribution in [3.05, 3.63) is 64.7 Å². The van der Waals surface area contributed by atoms with Crippen LogP contribution in [0.2, 0.25) is 5.02 Å². The van der Waals surface area contributed by atoms with Crippen molar-refractivity contribution < 1.29 is 4.74 Å². The third kappa shape index (κ3) is 3.45. The van der Waals surface area contributed by atoms with Crippen LogP contribution in [0.4, 0.5) is 0 Å². The fraction of sp³-hybridized carbons (Fsp3) is 0.263. The van der Waals surface area contributed by atoms with Crippen LogP contribution in [-0.4, -0.2) is 25.1 Å². The highest BCUT2D eigenvalue weighted by Gasteiger charge is 2.16. The maximum atomic E-state index is 5.98. The van der Waals surface area contributed by atoms with Crippen molar-refractivity contribution in [2.45, 2.75) is 12.8 Å². The van der Waals surface area contributed by atoms with Gasteiger partial charge in [-0.25, -0.2) is 0 Å². The van der Waals surface area contributed by atoms with Crippen LogP contribution in [0.5, 0.6) is 5.75 Å². The molecule has 2 aromatic carbocycles. The maximum Gasteiger partial charge on any atom is 0.118 e.